The monoisotopic (exact) mass is 266 g/mol. The molecule has 0 radical (unpaired) electrons. The quantitative estimate of drug-likeness (QED) is 0.608. The Hall–Kier alpha value is -1.19. The van der Waals surface area contributed by atoms with E-state index >= 15 is 0 Å². The molecule has 1 nitrogen and oxygen atoms in total. The van der Waals surface area contributed by atoms with E-state index < -0.39 is 6.36 Å². The van der Waals surface area contributed by atoms with Crippen molar-refractivity contribution in [2.75, 3.05) is 0 Å². The van der Waals surface area contributed by atoms with Gasteiger partial charge in [0, 0.05) is 0 Å². The van der Waals surface area contributed by atoms with Crippen LogP contribution in [0, 0.1) is 6.92 Å². The molecule has 0 bridgehead atoms. The summed E-state index contributed by atoms with van der Waals surface area (Å²) in [5.41, 5.74) is 0.733. The molecule has 0 atom stereocenters. The number of aryl methyl sites for hydroxylation is 1. The number of benzene rings is 1. The molecule has 0 N–H and O–H groups in total. The molecule has 18 heavy (non-hydrogen) atoms. The highest BCUT2D eigenvalue weighted by Crippen LogP contribution is 2.22. The highest BCUT2D eigenvalue weighted by Gasteiger charge is 2.30. The van der Waals surface area contributed by atoms with Crippen molar-refractivity contribution in [1.29, 1.82) is 0 Å². The summed E-state index contributed by atoms with van der Waals surface area (Å²) in [5.74, 6) is -0.178. The number of alkyl halides is 3. The summed E-state index contributed by atoms with van der Waals surface area (Å²) in [5, 5.41) is 0. The second kappa shape index (κ2) is 13.9. The van der Waals surface area contributed by atoms with Gasteiger partial charge in [0.1, 0.15) is 5.75 Å². The maximum absolute atomic E-state index is 11.7. The van der Waals surface area contributed by atoms with Gasteiger partial charge in [-0.3, -0.25) is 0 Å². The van der Waals surface area contributed by atoms with Gasteiger partial charge in [0.15, 0.2) is 0 Å². The maximum atomic E-state index is 11.7. The Bertz CT molecular complexity index is 270. The molecule has 0 fully saturated rings. The van der Waals surface area contributed by atoms with Crippen LogP contribution in [-0.2, 0) is 0 Å². The summed E-state index contributed by atoms with van der Waals surface area (Å²) in [7, 11) is 0. The molecule has 108 valence electrons. The van der Waals surface area contributed by atoms with E-state index in [4.69, 9.17) is 0 Å². The fourth-order valence-electron chi connectivity index (χ4n) is 0.812. The van der Waals surface area contributed by atoms with Crippen LogP contribution in [0.25, 0.3) is 0 Å². The van der Waals surface area contributed by atoms with E-state index in [2.05, 4.69) is 4.74 Å². The third kappa shape index (κ3) is 14.8. The van der Waals surface area contributed by atoms with E-state index in [1.807, 2.05) is 41.5 Å². The van der Waals surface area contributed by atoms with Crippen LogP contribution in [0.15, 0.2) is 24.3 Å². The summed E-state index contributed by atoms with van der Waals surface area (Å²) in [6.45, 7) is 13.7. The van der Waals surface area contributed by atoms with Gasteiger partial charge in [-0.2, -0.15) is 0 Å². The molecule has 0 aromatic heterocycles. The summed E-state index contributed by atoms with van der Waals surface area (Å²) < 4.78 is 38.6. The second-order valence-electron chi connectivity index (χ2n) is 2.36. The van der Waals surface area contributed by atoms with Gasteiger partial charge in [0.2, 0.25) is 0 Å². The van der Waals surface area contributed by atoms with Crippen molar-refractivity contribution in [3.8, 4) is 5.75 Å². The molecule has 0 aliphatic heterocycles. The van der Waals surface area contributed by atoms with Crippen molar-refractivity contribution in [2.24, 2.45) is 0 Å². The average Bonchev–Trinajstić information content (AvgIpc) is 2.34. The second-order valence-corrected chi connectivity index (χ2v) is 2.36. The van der Waals surface area contributed by atoms with Crippen LogP contribution in [0.4, 0.5) is 13.2 Å². The molecule has 0 saturated heterocycles. The number of ether oxygens (including phenoxy) is 1. The lowest BCUT2D eigenvalue weighted by atomic mass is 10.2. The molecule has 0 saturated carbocycles. The van der Waals surface area contributed by atoms with E-state index in [0.29, 0.717) is 0 Å². The van der Waals surface area contributed by atoms with Gasteiger partial charge in [-0.25, -0.2) is 0 Å². The van der Waals surface area contributed by atoms with Gasteiger partial charge in [-0.1, -0.05) is 53.7 Å². The van der Waals surface area contributed by atoms with Gasteiger partial charge in [0.05, 0.1) is 0 Å². The van der Waals surface area contributed by atoms with Crippen LogP contribution in [-0.4, -0.2) is 6.36 Å². The van der Waals surface area contributed by atoms with Crippen LogP contribution in [0.3, 0.4) is 0 Å². The Labute approximate surface area is 109 Å². The molecular weight excluding hydrogens is 241 g/mol. The van der Waals surface area contributed by atoms with E-state index in [1.165, 1.54) is 18.2 Å². The minimum atomic E-state index is -4.60. The normalized spacial score (nSPS) is 8.56. The summed E-state index contributed by atoms with van der Waals surface area (Å²) >= 11 is 0. The van der Waals surface area contributed by atoms with E-state index in [0.717, 1.165) is 5.56 Å². The first-order valence-electron chi connectivity index (χ1n) is 6.30. The zero-order chi connectivity index (χ0) is 15.2. The third-order valence-corrected chi connectivity index (χ3v) is 1.22. The van der Waals surface area contributed by atoms with Crippen molar-refractivity contribution in [2.45, 2.75) is 54.8 Å². The largest absolute Gasteiger partial charge is 0.573 e. The summed E-state index contributed by atoms with van der Waals surface area (Å²) in [6.07, 6.45) is -4.60. The van der Waals surface area contributed by atoms with Gasteiger partial charge < -0.3 is 4.74 Å². The average molecular weight is 266 g/mol. The van der Waals surface area contributed by atoms with Gasteiger partial charge in [0.25, 0.3) is 0 Å². The maximum Gasteiger partial charge on any atom is 0.573 e. The highest BCUT2D eigenvalue weighted by molar-refractivity contribution is 5.27. The predicted octanol–water partition coefficient (Wildman–Crippen LogP) is 5.97. The fraction of sp³-hybridized carbons (Fsp3) is 0.571. The smallest absolute Gasteiger partial charge is 0.406 e. The Morgan fingerprint density at radius 3 is 1.67 bits per heavy atom. The molecule has 4 heteroatoms. The van der Waals surface area contributed by atoms with Crippen molar-refractivity contribution in [3.05, 3.63) is 29.8 Å². The van der Waals surface area contributed by atoms with Crippen molar-refractivity contribution in [1.82, 2.24) is 0 Å². The number of rotatable bonds is 1. The molecular formula is C14H25F3O. The van der Waals surface area contributed by atoms with Gasteiger partial charge in [-0.15, -0.1) is 13.2 Å². The summed E-state index contributed by atoms with van der Waals surface area (Å²) in [6, 6.07) is 5.80. The number of hydrogen-bond donors (Lipinski definition) is 0. The van der Waals surface area contributed by atoms with Crippen molar-refractivity contribution < 1.29 is 17.9 Å². The topological polar surface area (TPSA) is 9.23 Å². The fourth-order valence-corrected chi connectivity index (χ4v) is 0.812. The molecule has 0 aliphatic carbocycles. The molecule has 0 amide bonds. The SMILES string of the molecule is CC.CC.CC.Cc1cccc(OC(F)(F)F)c1. The minimum absolute atomic E-state index is 0.178. The van der Waals surface area contributed by atoms with E-state index in [9.17, 15) is 13.2 Å². The Morgan fingerprint density at radius 1 is 0.889 bits per heavy atom. The molecule has 0 unspecified atom stereocenters. The highest BCUT2D eigenvalue weighted by atomic mass is 19.4. The first-order valence-corrected chi connectivity index (χ1v) is 6.30. The lowest BCUT2D eigenvalue weighted by Gasteiger charge is -2.08. The Morgan fingerprint density at radius 2 is 1.33 bits per heavy atom. The third-order valence-electron chi connectivity index (χ3n) is 1.22. The lowest BCUT2D eigenvalue weighted by Crippen LogP contribution is -2.17. The van der Waals surface area contributed by atoms with Crippen LogP contribution in [0.1, 0.15) is 47.1 Å². The zero-order valence-corrected chi connectivity index (χ0v) is 12.4. The van der Waals surface area contributed by atoms with Crippen molar-refractivity contribution in [3.63, 3.8) is 0 Å². The standard InChI is InChI=1S/C8H7F3O.3C2H6/c1-6-3-2-4-7(5-6)12-8(9,10)11;3*1-2/h2-5H,1H3;3*1-2H3. The Balaban J connectivity index is -0.000000328. The first kappa shape index (κ1) is 22.0. The van der Waals surface area contributed by atoms with E-state index in [-0.39, 0.29) is 5.75 Å². The Kier molecular flexibility index (Phi) is 17.0. The van der Waals surface area contributed by atoms with Crippen molar-refractivity contribution >= 4 is 0 Å². The van der Waals surface area contributed by atoms with Crippen LogP contribution < -0.4 is 4.74 Å². The minimum Gasteiger partial charge on any atom is -0.406 e. The molecule has 1 aromatic carbocycles. The molecule has 0 aliphatic rings. The van der Waals surface area contributed by atoms with Crippen LogP contribution in [0.2, 0.25) is 0 Å². The van der Waals surface area contributed by atoms with Gasteiger partial charge in [-0.05, 0) is 24.6 Å². The van der Waals surface area contributed by atoms with Crippen LogP contribution in [0.5, 0.6) is 5.75 Å². The van der Waals surface area contributed by atoms with E-state index in [1.54, 1.807) is 13.0 Å². The molecule has 1 aromatic rings. The van der Waals surface area contributed by atoms with Gasteiger partial charge >= 0.3 is 6.36 Å². The number of hydrogen-bond acceptors (Lipinski definition) is 1. The summed E-state index contributed by atoms with van der Waals surface area (Å²) in [4.78, 5) is 0. The lowest BCUT2D eigenvalue weighted by molar-refractivity contribution is -0.274. The molecule has 1 rings (SSSR count). The zero-order valence-electron chi connectivity index (χ0n) is 12.4. The molecule has 0 spiro atoms. The van der Waals surface area contributed by atoms with Crippen LogP contribution >= 0.6 is 0 Å². The predicted molar refractivity (Wildman–Crippen MR) is 71.9 cm³/mol. The first-order chi connectivity index (χ1) is 8.47. The number of halogens is 3. The molecule has 0 heterocycles.